The standard InChI is InChI=1S/C22H18ClFN4O2/c1-12-10-17(22(29)26-15-6-9-19(30-3)18(23)11-15)20-13(2)27-28(21(20)25-12)16-7-4-14(24)5-8-16/h4-11H,1-3H3,(H,26,29). The number of hydrogen-bond donors (Lipinski definition) is 1. The molecule has 0 atom stereocenters. The molecule has 0 unspecified atom stereocenters. The Labute approximate surface area is 177 Å². The summed E-state index contributed by atoms with van der Waals surface area (Å²) in [6.07, 6.45) is 0. The van der Waals surface area contributed by atoms with Gasteiger partial charge in [0.05, 0.1) is 34.5 Å². The number of halogens is 2. The Kier molecular flexibility index (Phi) is 5.13. The number of carbonyl (C=O) groups excluding carboxylic acids is 1. The van der Waals surface area contributed by atoms with E-state index in [0.717, 1.165) is 0 Å². The lowest BCUT2D eigenvalue weighted by atomic mass is 10.1. The minimum atomic E-state index is -0.339. The van der Waals surface area contributed by atoms with Crippen molar-refractivity contribution in [2.24, 2.45) is 0 Å². The highest BCUT2D eigenvalue weighted by atomic mass is 35.5. The van der Waals surface area contributed by atoms with Crippen molar-refractivity contribution in [3.63, 3.8) is 0 Å². The van der Waals surface area contributed by atoms with Gasteiger partial charge < -0.3 is 10.1 Å². The topological polar surface area (TPSA) is 69.0 Å². The van der Waals surface area contributed by atoms with Crippen molar-refractivity contribution in [3.05, 3.63) is 76.3 Å². The number of amides is 1. The lowest BCUT2D eigenvalue weighted by molar-refractivity contribution is 0.102. The molecule has 8 heteroatoms. The number of rotatable bonds is 4. The first-order valence-corrected chi connectivity index (χ1v) is 9.53. The van der Waals surface area contributed by atoms with Gasteiger partial charge in [-0.3, -0.25) is 4.79 Å². The lowest BCUT2D eigenvalue weighted by Gasteiger charge is -2.10. The molecule has 1 amide bonds. The number of carbonyl (C=O) groups is 1. The van der Waals surface area contributed by atoms with Crippen LogP contribution in [0.25, 0.3) is 16.7 Å². The summed E-state index contributed by atoms with van der Waals surface area (Å²) in [4.78, 5) is 17.7. The summed E-state index contributed by atoms with van der Waals surface area (Å²) in [6, 6.07) is 12.7. The average Bonchev–Trinajstić information content (AvgIpc) is 3.04. The van der Waals surface area contributed by atoms with E-state index in [4.69, 9.17) is 16.3 Å². The molecule has 0 aliphatic heterocycles. The number of nitrogens with one attached hydrogen (secondary N) is 1. The molecule has 1 N–H and O–H groups in total. The third-order valence-corrected chi connectivity index (χ3v) is 4.96. The highest BCUT2D eigenvalue weighted by molar-refractivity contribution is 6.32. The van der Waals surface area contributed by atoms with Gasteiger partial charge in [0.1, 0.15) is 11.6 Å². The van der Waals surface area contributed by atoms with Crippen LogP contribution in [0, 0.1) is 19.7 Å². The number of fused-ring (bicyclic) bond motifs is 1. The van der Waals surface area contributed by atoms with E-state index in [2.05, 4.69) is 15.4 Å². The Bertz CT molecular complexity index is 1270. The Morgan fingerprint density at radius 1 is 1.13 bits per heavy atom. The van der Waals surface area contributed by atoms with Crippen molar-refractivity contribution >= 4 is 34.2 Å². The van der Waals surface area contributed by atoms with E-state index < -0.39 is 0 Å². The molecule has 0 fully saturated rings. The van der Waals surface area contributed by atoms with Crippen LogP contribution in [0.1, 0.15) is 21.7 Å². The van der Waals surface area contributed by atoms with Gasteiger partial charge in [-0.25, -0.2) is 14.1 Å². The minimum Gasteiger partial charge on any atom is -0.495 e. The second-order valence-corrected chi connectivity index (χ2v) is 7.19. The number of anilines is 1. The predicted octanol–water partition coefficient (Wildman–Crippen LogP) is 5.09. The highest BCUT2D eigenvalue weighted by Gasteiger charge is 2.20. The predicted molar refractivity (Wildman–Crippen MR) is 114 cm³/mol. The van der Waals surface area contributed by atoms with Crippen molar-refractivity contribution in [2.75, 3.05) is 12.4 Å². The van der Waals surface area contributed by atoms with Crippen LogP contribution in [-0.4, -0.2) is 27.8 Å². The maximum absolute atomic E-state index is 13.3. The average molecular weight is 425 g/mol. The Hall–Kier alpha value is -3.45. The van der Waals surface area contributed by atoms with Gasteiger partial charge in [-0.2, -0.15) is 5.10 Å². The monoisotopic (exact) mass is 424 g/mol. The summed E-state index contributed by atoms with van der Waals surface area (Å²) in [5, 5.41) is 8.41. The highest BCUT2D eigenvalue weighted by Crippen LogP contribution is 2.29. The van der Waals surface area contributed by atoms with E-state index >= 15 is 0 Å². The molecule has 0 radical (unpaired) electrons. The van der Waals surface area contributed by atoms with E-state index in [-0.39, 0.29) is 11.7 Å². The van der Waals surface area contributed by atoms with E-state index in [9.17, 15) is 9.18 Å². The van der Waals surface area contributed by atoms with Crippen LogP contribution in [0.5, 0.6) is 5.75 Å². The van der Waals surface area contributed by atoms with E-state index in [1.54, 1.807) is 54.9 Å². The molecule has 0 aliphatic carbocycles. The summed E-state index contributed by atoms with van der Waals surface area (Å²) in [5.41, 5.74) is 3.45. The van der Waals surface area contributed by atoms with Crippen LogP contribution < -0.4 is 10.1 Å². The first kappa shape index (κ1) is 19.8. The van der Waals surface area contributed by atoms with Gasteiger partial charge in [0.15, 0.2) is 5.65 Å². The number of pyridine rings is 1. The van der Waals surface area contributed by atoms with Crippen LogP contribution >= 0.6 is 11.6 Å². The first-order valence-electron chi connectivity index (χ1n) is 9.15. The molecule has 0 bridgehead atoms. The number of nitrogens with zero attached hydrogens (tertiary/aromatic N) is 3. The molecule has 2 aromatic carbocycles. The van der Waals surface area contributed by atoms with Crippen LogP contribution in [-0.2, 0) is 0 Å². The molecule has 0 saturated heterocycles. The van der Waals surface area contributed by atoms with Crippen molar-refractivity contribution < 1.29 is 13.9 Å². The molecule has 4 aromatic rings. The molecule has 0 spiro atoms. The van der Waals surface area contributed by atoms with Gasteiger partial charge >= 0.3 is 0 Å². The molecular formula is C22H18ClFN4O2. The third-order valence-electron chi connectivity index (χ3n) is 4.67. The number of methoxy groups -OCH3 is 1. The van der Waals surface area contributed by atoms with Crippen LogP contribution in [0.4, 0.5) is 10.1 Å². The summed E-state index contributed by atoms with van der Waals surface area (Å²) in [5.74, 6) is -0.129. The molecule has 152 valence electrons. The fourth-order valence-corrected chi connectivity index (χ4v) is 3.56. The number of aromatic nitrogens is 3. The molecule has 0 aliphatic rings. The minimum absolute atomic E-state index is 0.312. The largest absolute Gasteiger partial charge is 0.495 e. The van der Waals surface area contributed by atoms with E-state index in [1.165, 1.54) is 19.2 Å². The molecule has 0 saturated carbocycles. The maximum Gasteiger partial charge on any atom is 0.256 e. The number of hydrogen-bond acceptors (Lipinski definition) is 4. The van der Waals surface area contributed by atoms with Gasteiger partial charge in [-0.15, -0.1) is 0 Å². The zero-order valence-electron chi connectivity index (χ0n) is 16.5. The van der Waals surface area contributed by atoms with Crippen LogP contribution in [0.15, 0.2) is 48.5 Å². The van der Waals surface area contributed by atoms with Gasteiger partial charge in [0, 0.05) is 11.4 Å². The molecule has 2 heterocycles. The molecule has 6 nitrogen and oxygen atoms in total. The lowest BCUT2D eigenvalue weighted by Crippen LogP contribution is -2.13. The van der Waals surface area contributed by atoms with Crippen molar-refractivity contribution in [2.45, 2.75) is 13.8 Å². The Morgan fingerprint density at radius 3 is 2.53 bits per heavy atom. The number of ether oxygens (including phenoxy) is 1. The fourth-order valence-electron chi connectivity index (χ4n) is 3.30. The van der Waals surface area contributed by atoms with Crippen LogP contribution in [0.3, 0.4) is 0 Å². The van der Waals surface area contributed by atoms with E-state index in [0.29, 0.717) is 50.1 Å². The SMILES string of the molecule is COc1ccc(NC(=O)c2cc(C)nc3c2c(C)nn3-c2ccc(F)cc2)cc1Cl. The molecular weight excluding hydrogens is 407 g/mol. The van der Waals surface area contributed by atoms with Gasteiger partial charge in [-0.1, -0.05) is 11.6 Å². The third kappa shape index (κ3) is 3.59. The molecule has 2 aromatic heterocycles. The van der Waals surface area contributed by atoms with Gasteiger partial charge in [-0.05, 0) is 62.4 Å². The smallest absolute Gasteiger partial charge is 0.256 e. The van der Waals surface area contributed by atoms with Crippen molar-refractivity contribution in [3.8, 4) is 11.4 Å². The summed E-state index contributed by atoms with van der Waals surface area (Å²) in [7, 11) is 1.53. The Balaban J connectivity index is 1.78. The second kappa shape index (κ2) is 7.76. The molecule has 30 heavy (non-hydrogen) atoms. The number of benzene rings is 2. The Morgan fingerprint density at radius 2 is 1.87 bits per heavy atom. The van der Waals surface area contributed by atoms with Crippen LogP contribution in [0.2, 0.25) is 5.02 Å². The zero-order chi connectivity index (χ0) is 21.4. The van der Waals surface area contributed by atoms with E-state index in [1.807, 2.05) is 0 Å². The van der Waals surface area contributed by atoms with Crippen molar-refractivity contribution in [1.82, 2.24) is 14.8 Å². The number of aryl methyl sites for hydroxylation is 2. The molecule has 4 rings (SSSR count). The first-order chi connectivity index (χ1) is 14.4. The summed E-state index contributed by atoms with van der Waals surface area (Å²) in [6.45, 7) is 3.61. The second-order valence-electron chi connectivity index (χ2n) is 6.79. The summed E-state index contributed by atoms with van der Waals surface area (Å²) >= 11 is 6.16. The van der Waals surface area contributed by atoms with Gasteiger partial charge in [0.25, 0.3) is 5.91 Å². The maximum atomic E-state index is 13.3. The normalized spacial score (nSPS) is 11.0. The quantitative estimate of drug-likeness (QED) is 0.495. The fraction of sp³-hybridized carbons (Fsp3) is 0.136. The summed E-state index contributed by atoms with van der Waals surface area (Å²) < 4.78 is 20.1. The van der Waals surface area contributed by atoms with Gasteiger partial charge in [0.2, 0.25) is 0 Å². The van der Waals surface area contributed by atoms with Crippen molar-refractivity contribution in [1.29, 1.82) is 0 Å². The zero-order valence-corrected chi connectivity index (χ0v) is 17.3.